The first-order valence-electron chi connectivity index (χ1n) is 7.11. The fraction of sp³-hybridized carbons (Fsp3) is 0.438. The molecule has 2 atom stereocenters. The van der Waals surface area contributed by atoms with E-state index < -0.39 is 58.2 Å². The second-order valence-corrected chi connectivity index (χ2v) is 7.84. The summed E-state index contributed by atoms with van der Waals surface area (Å²) < 4.78 is 70.1. The molecule has 0 N–H and O–H groups in total. The van der Waals surface area contributed by atoms with Gasteiger partial charge in [-0.2, -0.15) is 13.2 Å². The highest BCUT2D eigenvalue weighted by atomic mass is 127. The molecule has 0 saturated heterocycles. The maximum Gasteiger partial charge on any atom is 0.426 e. The monoisotopic (exact) mass is 494 g/mol. The van der Waals surface area contributed by atoms with Gasteiger partial charge in [0.2, 0.25) is 0 Å². The second kappa shape index (κ2) is 7.02. The molecule has 25 heavy (non-hydrogen) atoms. The van der Waals surface area contributed by atoms with E-state index in [1.54, 1.807) is 36.4 Å². The molecule has 0 aromatic heterocycles. The Balaban J connectivity index is 2.09. The summed E-state index contributed by atoms with van der Waals surface area (Å²) in [5, 5.41) is -1.31. The Bertz CT molecular complexity index is 730. The van der Waals surface area contributed by atoms with Gasteiger partial charge in [-0.1, -0.05) is 31.5 Å². The van der Waals surface area contributed by atoms with E-state index >= 15 is 0 Å². The molecular weight excluding hydrogens is 482 g/mol. The molecule has 0 aliphatic heterocycles. The van der Waals surface area contributed by atoms with Crippen molar-refractivity contribution >= 4 is 40.2 Å². The number of hydrogen-bond donors (Lipinski definition) is 0. The van der Waals surface area contributed by atoms with Crippen LogP contribution in [0.3, 0.4) is 0 Å². The number of benzene rings is 1. The van der Waals surface area contributed by atoms with Crippen molar-refractivity contribution in [3.05, 3.63) is 44.0 Å². The van der Waals surface area contributed by atoms with Gasteiger partial charge < -0.3 is 4.74 Å². The molecule has 0 bridgehead atoms. The summed E-state index contributed by atoms with van der Waals surface area (Å²) in [6, 6.07) is 2.28. The quantitative estimate of drug-likeness (QED) is 0.237. The summed E-state index contributed by atoms with van der Waals surface area (Å²) in [5.74, 6) is -4.15. The molecule has 138 valence electrons. The lowest BCUT2D eigenvalue weighted by Crippen LogP contribution is -2.12. The van der Waals surface area contributed by atoms with E-state index in [-0.39, 0.29) is 3.57 Å². The number of halogens is 7. The Hall–Kier alpha value is -0.900. The van der Waals surface area contributed by atoms with Gasteiger partial charge in [0.15, 0.2) is 0 Å². The van der Waals surface area contributed by atoms with E-state index in [0.29, 0.717) is 0 Å². The van der Waals surface area contributed by atoms with Crippen LogP contribution in [0.15, 0.2) is 23.2 Å². The Morgan fingerprint density at radius 1 is 1.36 bits per heavy atom. The first-order chi connectivity index (χ1) is 11.4. The average molecular weight is 495 g/mol. The highest BCUT2D eigenvalue weighted by Gasteiger charge is 2.62. The topological polar surface area (TPSA) is 26.3 Å². The summed E-state index contributed by atoms with van der Waals surface area (Å²) in [4.78, 5) is 12.1. The lowest BCUT2D eigenvalue weighted by Gasteiger charge is -2.08. The summed E-state index contributed by atoms with van der Waals surface area (Å²) in [6.45, 7) is 2.55. The van der Waals surface area contributed by atoms with Crippen LogP contribution >= 0.6 is 34.2 Å². The van der Waals surface area contributed by atoms with Crippen LogP contribution in [-0.4, -0.2) is 12.1 Å². The third-order valence-corrected chi connectivity index (χ3v) is 5.43. The zero-order valence-electron chi connectivity index (χ0n) is 13.1. The van der Waals surface area contributed by atoms with Crippen LogP contribution in [0, 0.1) is 32.5 Å². The number of carbonyl (C=O) groups excluding carboxylic acids is 1. The number of allylic oxidation sites excluding steroid dienone is 2. The van der Waals surface area contributed by atoms with Gasteiger partial charge in [-0.3, -0.25) is 4.79 Å². The van der Waals surface area contributed by atoms with Crippen molar-refractivity contribution in [3.8, 4) is 0 Å². The average Bonchev–Trinajstić information content (AvgIpc) is 3.02. The molecule has 0 spiro atoms. The third-order valence-electron chi connectivity index (χ3n) is 4.26. The zero-order valence-corrected chi connectivity index (χ0v) is 16.0. The molecule has 2 nitrogen and oxygen atoms in total. The van der Waals surface area contributed by atoms with Gasteiger partial charge >= 0.3 is 12.1 Å². The molecule has 0 heterocycles. The van der Waals surface area contributed by atoms with Crippen LogP contribution in [0.25, 0.3) is 0 Å². The predicted octanol–water partition coefficient (Wildman–Crippen LogP) is 5.57. The van der Waals surface area contributed by atoms with Crippen molar-refractivity contribution in [2.75, 3.05) is 0 Å². The molecule has 0 radical (unpaired) electrons. The molecule has 9 heteroatoms. The molecule has 1 aromatic carbocycles. The molecule has 1 saturated carbocycles. The number of esters is 1. The highest BCUT2D eigenvalue weighted by Crippen LogP contribution is 2.60. The Morgan fingerprint density at radius 2 is 1.96 bits per heavy atom. The van der Waals surface area contributed by atoms with E-state index in [4.69, 9.17) is 16.3 Å². The van der Waals surface area contributed by atoms with E-state index in [1.807, 2.05) is 0 Å². The Labute approximate surface area is 159 Å². The zero-order chi connectivity index (χ0) is 19.2. The lowest BCUT2D eigenvalue weighted by molar-refractivity contribution is -0.147. The van der Waals surface area contributed by atoms with Gasteiger partial charge in [0.05, 0.1) is 11.5 Å². The highest BCUT2D eigenvalue weighted by molar-refractivity contribution is 14.1. The van der Waals surface area contributed by atoms with Crippen molar-refractivity contribution in [1.82, 2.24) is 0 Å². The molecular formula is C16H13ClF5IO2. The molecule has 0 unspecified atom stereocenters. The smallest absolute Gasteiger partial charge is 0.426 e. The molecule has 0 amide bonds. The maximum absolute atomic E-state index is 13.9. The molecule has 1 aliphatic carbocycles. The standard InChI is InChI=1S/C16H13ClF5IO2/c1-15(2)8(5-11(17)16(20,21)22)12(15)14(24)25-6-7-9(18)3-4-10(23)13(7)19/h3-5,8,12H,6H2,1-2H3/b11-5-/t8-,12-/m0/s1. The number of alkyl halides is 3. The number of ether oxygens (including phenoxy) is 1. The van der Waals surface area contributed by atoms with Crippen LogP contribution in [0.5, 0.6) is 0 Å². The van der Waals surface area contributed by atoms with Crippen molar-refractivity contribution in [2.24, 2.45) is 17.3 Å². The number of rotatable bonds is 4. The molecule has 2 rings (SSSR count). The lowest BCUT2D eigenvalue weighted by atomic mass is 10.1. The summed E-state index contributed by atoms with van der Waals surface area (Å²) in [5.41, 5.74) is -1.19. The number of hydrogen-bond acceptors (Lipinski definition) is 2. The van der Waals surface area contributed by atoms with Gasteiger partial charge in [-0.25, -0.2) is 8.78 Å². The largest absolute Gasteiger partial charge is 0.460 e. The third kappa shape index (κ3) is 4.27. The molecule has 1 aliphatic rings. The molecule has 1 fully saturated rings. The van der Waals surface area contributed by atoms with Crippen LogP contribution in [0.1, 0.15) is 19.4 Å². The van der Waals surface area contributed by atoms with Gasteiger partial charge in [-0.15, -0.1) is 0 Å². The van der Waals surface area contributed by atoms with Gasteiger partial charge in [0.25, 0.3) is 0 Å². The normalized spacial score (nSPS) is 22.7. The SMILES string of the molecule is CC1(C)[C@H](C(=O)OCc2c(F)ccc(I)c2F)[C@@H]1/C=C(\Cl)C(F)(F)F. The van der Waals surface area contributed by atoms with Crippen LogP contribution in [0.2, 0.25) is 0 Å². The van der Waals surface area contributed by atoms with E-state index in [1.165, 1.54) is 6.07 Å². The van der Waals surface area contributed by atoms with E-state index in [0.717, 1.165) is 12.1 Å². The van der Waals surface area contributed by atoms with Crippen molar-refractivity contribution in [1.29, 1.82) is 0 Å². The van der Waals surface area contributed by atoms with Gasteiger partial charge in [-0.05, 0) is 46.1 Å². The fourth-order valence-electron chi connectivity index (χ4n) is 2.63. The summed E-state index contributed by atoms with van der Waals surface area (Å²) in [6.07, 6.45) is -3.91. The summed E-state index contributed by atoms with van der Waals surface area (Å²) >= 11 is 6.87. The van der Waals surface area contributed by atoms with E-state index in [2.05, 4.69) is 0 Å². The first-order valence-corrected chi connectivity index (χ1v) is 8.56. The summed E-state index contributed by atoms with van der Waals surface area (Å²) in [7, 11) is 0. The minimum Gasteiger partial charge on any atom is -0.460 e. The minimum atomic E-state index is -4.69. The number of carbonyl (C=O) groups is 1. The Morgan fingerprint density at radius 3 is 2.52 bits per heavy atom. The van der Waals surface area contributed by atoms with Gasteiger partial charge in [0.1, 0.15) is 23.3 Å². The minimum absolute atomic E-state index is 0.162. The van der Waals surface area contributed by atoms with E-state index in [9.17, 15) is 26.7 Å². The fourth-order valence-corrected chi connectivity index (χ4v) is 3.27. The maximum atomic E-state index is 13.9. The van der Waals surface area contributed by atoms with Crippen molar-refractivity contribution in [2.45, 2.75) is 26.6 Å². The van der Waals surface area contributed by atoms with Crippen LogP contribution in [-0.2, 0) is 16.1 Å². The second-order valence-electron chi connectivity index (χ2n) is 6.27. The van der Waals surface area contributed by atoms with Crippen LogP contribution < -0.4 is 0 Å². The van der Waals surface area contributed by atoms with Crippen LogP contribution in [0.4, 0.5) is 22.0 Å². The van der Waals surface area contributed by atoms with Crippen molar-refractivity contribution < 1.29 is 31.5 Å². The Kier molecular flexibility index (Phi) is 5.73. The van der Waals surface area contributed by atoms with Gasteiger partial charge in [0, 0.05) is 3.57 Å². The predicted molar refractivity (Wildman–Crippen MR) is 89.6 cm³/mol. The van der Waals surface area contributed by atoms with Crippen molar-refractivity contribution in [3.63, 3.8) is 0 Å². The first kappa shape index (κ1) is 20.4. The molecule has 1 aromatic rings.